The van der Waals surface area contributed by atoms with Gasteiger partial charge in [-0.2, -0.15) is 0 Å². The van der Waals surface area contributed by atoms with Crippen LogP contribution in [0.2, 0.25) is 0 Å². The van der Waals surface area contributed by atoms with Gasteiger partial charge in [0.25, 0.3) is 0 Å². The van der Waals surface area contributed by atoms with Crippen LogP contribution < -0.4 is 15.8 Å². The van der Waals surface area contributed by atoms with Crippen molar-refractivity contribution < 1.29 is 4.42 Å². The number of rotatable bonds is 6. The third kappa shape index (κ3) is 4.25. The van der Waals surface area contributed by atoms with Crippen LogP contribution in [0.4, 0.5) is 11.5 Å². The molecule has 1 aliphatic rings. The molecular formula is C25H26N4O2. The minimum absolute atomic E-state index is 0.320. The number of piperazine rings is 1. The fourth-order valence-corrected chi connectivity index (χ4v) is 4.32. The third-order valence-corrected chi connectivity index (χ3v) is 5.94. The highest BCUT2D eigenvalue weighted by molar-refractivity contribution is 5.92. The van der Waals surface area contributed by atoms with Crippen molar-refractivity contribution in [2.75, 3.05) is 49.5 Å². The van der Waals surface area contributed by atoms with Gasteiger partial charge >= 0.3 is 5.63 Å². The normalized spacial score (nSPS) is 14.9. The van der Waals surface area contributed by atoms with E-state index in [0.717, 1.165) is 62.6 Å². The van der Waals surface area contributed by atoms with Crippen LogP contribution in [-0.4, -0.2) is 49.2 Å². The van der Waals surface area contributed by atoms with Crippen molar-refractivity contribution in [1.82, 2.24) is 9.88 Å². The topological polar surface area (TPSA) is 61.6 Å². The summed E-state index contributed by atoms with van der Waals surface area (Å²) in [6.45, 7) is 5.88. The number of benzene rings is 2. The molecule has 0 bridgehead atoms. The molecule has 1 fully saturated rings. The Labute approximate surface area is 181 Å². The van der Waals surface area contributed by atoms with Gasteiger partial charge in [-0.05, 0) is 36.6 Å². The summed E-state index contributed by atoms with van der Waals surface area (Å²) in [5.41, 5.74) is 1.15. The molecule has 5 rings (SSSR count). The maximum atomic E-state index is 11.8. The first-order chi connectivity index (χ1) is 15.3. The largest absolute Gasteiger partial charge is 0.423 e. The second-order valence-corrected chi connectivity index (χ2v) is 7.94. The predicted octanol–water partition coefficient (Wildman–Crippen LogP) is 3.97. The van der Waals surface area contributed by atoms with E-state index in [2.05, 4.69) is 50.4 Å². The summed E-state index contributed by atoms with van der Waals surface area (Å²) in [5, 5.41) is 6.82. The monoisotopic (exact) mass is 414 g/mol. The first-order valence-electron chi connectivity index (χ1n) is 10.9. The number of para-hydroxylation sites is 1. The van der Waals surface area contributed by atoms with E-state index in [-0.39, 0.29) is 5.63 Å². The van der Waals surface area contributed by atoms with E-state index < -0.39 is 0 Å². The molecule has 0 atom stereocenters. The highest BCUT2D eigenvalue weighted by Gasteiger charge is 2.19. The number of hydrogen-bond donors (Lipinski definition) is 1. The van der Waals surface area contributed by atoms with Gasteiger partial charge < -0.3 is 14.6 Å². The maximum absolute atomic E-state index is 11.8. The smallest absolute Gasteiger partial charge is 0.338 e. The first-order valence-corrected chi connectivity index (χ1v) is 10.9. The lowest BCUT2D eigenvalue weighted by Gasteiger charge is -2.35. The van der Waals surface area contributed by atoms with Crippen LogP contribution >= 0.6 is 0 Å². The van der Waals surface area contributed by atoms with Gasteiger partial charge in [0.15, 0.2) is 0 Å². The predicted molar refractivity (Wildman–Crippen MR) is 126 cm³/mol. The minimum Gasteiger partial charge on any atom is -0.423 e. The summed E-state index contributed by atoms with van der Waals surface area (Å²) in [6, 6.07) is 19.7. The van der Waals surface area contributed by atoms with Crippen LogP contribution in [0.5, 0.6) is 0 Å². The van der Waals surface area contributed by atoms with Crippen molar-refractivity contribution in [3.8, 4) is 0 Å². The fraction of sp³-hybridized carbons (Fsp3) is 0.280. The van der Waals surface area contributed by atoms with Crippen molar-refractivity contribution in [2.45, 2.75) is 6.42 Å². The van der Waals surface area contributed by atoms with E-state index in [1.807, 2.05) is 30.5 Å². The van der Waals surface area contributed by atoms with Gasteiger partial charge in [0.1, 0.15) is 11.4 Å². The summed E-state index contributed by atoms with van der Waals surface area (Å²) in [7, 11) is 0. The summed E-state index contributed by atoms with van der Waals surface area (Å²) in [5.74, 6) is 1.09. The van der Waals surface area contributed by atoms with E-state index in [1.54, 1.807) is 0 Å². The van der Waals surface area contributed by atoms with Crippen molar-refractivity contribution in [1.29, 1.82) is 0 Å². The molecule has 6 heteroatoms. The van der Waals surface area contributed by atoms with Crippen molar-refractivity contribution in [3.63, 3.8) is 0 Å². The summed E-state index contributed by atoms with van der Waals surface area (Å²) in [4.78, 5) is 21.3. The third-order valence-electron chi connectivity index (χ3n) is 5.94. The Bertz CT molecular complexity index is 1240. The molecule has 0 aliphatic carbocycles. The Kier molecular flexibility index (Phi) is 5.54. The van der Waals surface area contributed by atoms with Gasteiger partial charge in [-0.1, -0.05) is 36.4 Å². The zero-order chi connectivity index (χ0) is 21.0. The number of nitrogens with one attached hydrogen (secondary N) is 1. The van der Waals surface area contributed by atoms with E-state index in [0.29, 0.717) is 5.58 Å². The molecule has 6 nitrogen and oxygen atoms in total. The number of fused-ring (bicyclic) bond motifs is 2. The quantitative estimate of drug-likeness (QED) is 0.381. The molecule has 1 N–H and O–H groups in total. The van der Waals surface area contributed by atoms with Gasteiger partial charge in [0, 0.05) is 55.8 Å². The average Bonchev–Trinajstić information content (AvgIpc) is 2.82. The first kappa shape index (κ1) is 19.6. The highest BCUT2D eigenvalue weighted by Crippen LogP contribution is 2.25. The molecule has 31 heavy (non-hydrogen) atoms. The number of pyridine rings is 1. The summed E-state index contributed by atoms with van der Waals surface area (Å²) < 4.78 is 5.26. The lowest BCUT2D eigenvalue weighted by molar-refractivity contribution is 0.257. The van der Waals surface area contributed by atoms with E-state index >= 15 is 0 Å². The van der Waals surface area contributed by atoms with Crippen LogP contribution in [0.15, 0.2) is 76.1 Å². The van der Waals surface area contributed by atoms with Gasteiger partial charge in [0.2, 0.25) is 0 Å². The van der Waals surface area contributed by atoms with E-state index in [9.17, 15) is 4.79 Å². The number of hydrogen-bond acceptors (Lipinski definition) is 6. The second kappa shape index (κ2) is 8.78. The van der Waals surface area contributed by atoms with Gasteiger partial charge in [-0.3, -0.25) is 4.90 Å². The zero-order valence-electron chi connectivity index (χ0n) is 17.5. The van der Waals surface area contributed by atoms with Crippen molar-refractivity contribution >= 4 is 33.2 Å². The van der Waals surface area contributed by atoms with E-state index in [1.165, 1.54) is 16.8 Å². The average molecular weight is 415 g/mol. The SMILES string of the molecule is O=c1cc(NCCCN2CCN(c3nccc4ccccc34)CC2)c2ccccc2o1. The lowest BCUT2D eigenvalue weighted by atomic mass is 10.1. The lowest BCUT2D eigenvalue weighted by Crippen LogP contribution is -2.47. The number of anilines is 2. The minimum atomic E-state index is -0.320. The Morgan fingerprint density at radius 1 is 0.935 bits per heavy atom. The summed E-state index contributed by atoms with van der Waals surface area (Å²) in [6.07, 6.45) is 2.92. The molecule has 2 aromatic carbocycles. The maximum Gasteiger partial charge on any atom is 0.338 e. The number of aromatic nitrogens is 1. The standard InChI is InChI=1S/C25H26N4O2/c30-24-18-22(21-8-3-4-9-23(21)31-24)26-11-5-13-28-14-16-29(17-15-28)25-20-7-2-1-6-19(20)10-12-27-25/h1-4,6-10,12,18,26H,5,11,13-17H2. The molecule has 2 aromatic heterocycles. The number of nitrogens with zero attached hydrogens (tertiary/aromatic N) is 3. The second-order valence-electron chi connectivity index (χ2n) is 7.94. The van der Waals surface area contributed by atoms with Crippen LogP contribution in [0.25, 0.3) is 21.7 Å². The summed E-state index contributed by atoms with van der Waals surface area (Å²) >= 11 is 0. The molecule has 0 unspecified atom stereocenters. The van der Waals surface area contributed by atoms with Gasteiger partial charge in [-0.15, -0.1) is 0 Å². The van der Waals surface area contributed by atoms with Gasteiger partial charge in [-0.25, -0.2) is 9.78 Å². The fourth-order valence-electron chi connectivity index (χ4n) is 4.32. The van der Waals surface area contributed by atoms with Crippen LogP contribution in [-0.2, 0) is 0 Å². The Hall–Kier alpha value is -3.38. The van der Waals surface area contributed by atoms with Crippen LogP contribution in [0, 0.1) is 0 Å². The molecule has 0 saturated carbocycles. The molecule has 0 radical (unpaired) electrons. The molecular weight excluding hydrogens is 388 g/mol. The molecule has 1 aliphatic heterocycles. The van der Waals surface area contributed by atoms with Crippen LogP contribution in [0.3, 0.4) is 0 Å². The molecule has 158 valence electrons. The molecule has 3 heterocycles. The highest BCUT2D eigenvalue weighted by atomic mass is 16.4. The van der Waals surface area contributed by atoms with Crippen molar-refractivity contribution in [2.24, 2.45) is 0 Å². The Morgan fingerprint density at radius 2 is 1.71 bits per heavy atom. The van der Waals surface area contributed by atoms with E-state index in [4.69, 9.17) is 4.42 Å². The van der Waals surface area contributed by atoms with Crippen LogP contribution in [0.1, 0.15) is 6.42 Å². The molecule has 4 aromatic rings. The molecule has 0 spiro atoms. The Morgan fingerprint density at radius 3 is 2.58 bits per heavy atom. The van der Waals surface area contributed by atoms with Crippen molar-refractivity contribution in [3.05, 3.63) is 77.3 Å². The Balaban J connectivity index is 1.14. The molecule has 0 amide bonds. The molecule has 1 saturated heterocycles. The van der Waals surface area contributed by atoms with Gasteiger partial charge in [0.05, 0.1) is 5.69 Å². The zero-order valence-corrected chi connectivity index (χ0v) is 17.5.